The van der Waals surface area contributed by atoms with Gasteiger partial charge >= 0.3 is 11.8 Å². The van der Waals surface area contributed by atoms with Crippen LogP contribution >= 0.6 is 0 Å². The van der Waals surface area contributed by atoms with Gasteiger partial charge in [-0.2, -0.15) is 4.68 Å². The maximum Gasteiger partial charge on any atom is 0.390 e. The van der Waals surface area contributed by atoms with Gasteiger partial charge in [0.2, 0.25) is 0 Å². The van der Waals surface area contributed by atoms with E-state index in [-0.39, 0.29) is 12.4 Å². The Kier molecular flexibility index (Phi) is 4.19. The minimum Gasteiger partial charge on any atom is -0.464 e. The number of esters is 1. The molecule has 0 radical (unpaired) electrons. The second kappa shape index (κ2) is 5.42. The van der Waals surface area contributed by atoms with E-state index in [1.54, 1.807) is 20.8 Å². The van der Waals surface area contributed by atoms with Crippen LogP contribution in [0.3, 0.4) is 0 Å². The van der Waals surface area contributed by atoms with Crippen LogP contribution in [0.4, 0.5) is 5.82 Å². The van der Waals surface area contributed by atoms with E-state index in [1.165, 1.54) is 10.7 Å². The van der Waals surface area contributed by atoms with Gasteiger partial charge in [0.25, 0.3) is 0 Å². The number of nitrogens with zero attached hydrogens (tertiary/aromatic N) is 3. The van der Waals surface area contributed by atoms with Gasteiger partial charge in [0, 0.05) is 0 Å². The van der Waals surface area contributed by atoms with Gasteiger partial charge in [-0.3, -0.25) is 0 Å². The molecule has 0 fully saturated rings. The topological polar surface area (TPSA) is 87.3 Å². The smallest absolute Gasteiger partial charge is 0.390 e. The fourth-order valence-corrected chi connectivity index (χ4v) is 1.55. The summed E-state index contributed by atoms with van der Waals surface area (Å²) in [6.45, 7) is 5.46. The highest BCUT2D eigenvalue weighted by Gasteiger charge is 2.27. The van der Waals surface area contributed by atoms with Gasteiger partial charge < -0.3 is 14.9 Å². The molecule has 0 unspecified atom stereocenters. The Balaban J connectivity index is 3.03. The van der Waals surface area contributed by atoms with Crippen molar-refractivity contribution >= 4 is 11.8 Å². The SMILES string of the molecule is CCOC(=O)[C@H](CC)n1nc([N+](=O)[O-])cc1C. The molecule has 1 aromatic rings. The number of nitro groups is 1. The summed E-state index contributed by atoms with van der Waals surface area (Å²) < 4.78 is 6.25. The monoisotopic (exact) mass is 241 g/mol. The summed E-state index contributed by atoms with van der Waals surface area (Å²) in [6.07, 6.45) is 0.471. The van der Waals surface area contributed by atoms with Gasteiger partial charge in [-0.1, -0.05) is 6.92 Å². The van der Waals surface area contributed by atoms with Crippen molar-refractivity contribution in [1.82, 2.24) is 9.78 Å². The molecule has 0 aromatic carbocycles. The van der Waals surface area contributed by atoms with Crippen molar-refractivity contribution in [3.8, 4) is 0 Å². The van der Waals surface area contributed by atoms with Crippen LogP contribution in [-0.4, -0.2) is 27.3 Å². The van der Waals surface area contributed by atoms with Crippen LogP contribution < -0.4 is 0 Å². The average molecular weight is 241 g/mol. The van der Waals surface area contributed by atoms with E-state index >= 15 is 0 Å². The number of ether oxygens (including phenoxy) is 1. The Morgan fingerprint density at radius 2 is 2.29 bits per heavy atom. The second-order valence-corrected chi connectivity index (χ2v) is 3.52. The van der Waals surface area contributed by atoms with Crippen LogP contribution in [0.2, 0.25) is 0 Å². The molecule has 17 heavy (non-hydrogen) atoms. The molecule has 7 heteroatoms. The summed E-state index contributed by atoms with van der Waals surface area (Å²) >= 11 is 0. The fraction of sp³-hybridized carbons (Fsp3) is 0.600. The van der Waals surface area contributed by atoms with Crippen molar-refractivity contribution in [3.05, 3.63) is 21.9 Å². The van der Waals surface area contributed by atoms with Gasteiger partial charge in [-0.15, -0.1) is 0 Å². The number of hydrogen-bond acceptors (Lipinski definition) is 5. The minimum atomic E-state index is -0.608. The first-order valence-electron chi connectivity index (χ1n) is 5.38. The maximum atomic E-state index is 11.7. The normalized spacial score (nSPS) is 12.2. The molecule has 0 aliphatic carbocycles. The molecule has 7 nitrogen and oxygen atoms in total. The van der Waals surface area contributed by atoms with Gasteiger partial charge in [0.1, 0.15) is 0 Å². The van der Waals surface area contributed by atoms with E-state index in [4.69, 9.17) is 4.74 Å². The van der Waals surface area contributed by atoms with E-state index < -0.39 is 16.9 Å². The highest BCUT2D eigenvalue weighted by molar-refractivity contribution is 5.74. The molecule has 0 amide bonds. The molecular weight excluding hydrogens is 226 g/mol. The van der Waals surface area contributed by atoms with Crippen molar-refractivity contribution in [2.45, 2.75) is 33.2 Å². The molecule has 1 rings (SSSR count). The van der Waals surface area contributed by atoms with Crippen LogP contribution in [0.1, 0.15) is 32.0 Å². The first-order valence-corrected chi connectivity index (χ1v) is 5.38. The summed E-state index contributed by atoms with van der Waals surface area (Å²) in [5, 5.41) is 14.4. The van der Waals surface area contributed by atoms with Crippen LogP contribution in [0.25, 0.3) is 0 Å². The molecule has 94 valence electrons. The predicted octanol–water partition coefficient (Wildman–Crippen LogP) is 1.61. The van der Waals surface area contributed by atoms with Gasteiger partial charge in [0.15, 0.2) is 6.04 Å². The van der Waals surface area contributed by atoms with Crippen LogP contribution in [0.15, 0.2) is 6.07 Å². The molecule has 0 aliphatic rings. The first-order chi connectivity index (χ1) is 8.01. The lowest BCUT2D eigenvalue weighted by Gasteiger charge is -2.12. The first kappa shape index (κ1) is 13.1. The summed E-state index contributed by atoms with van der Waals surface area (Å²) in [5.41, 5.74) is 0.566. The molecule has 0 spiro atoms. The number of hydrogen-bond donors (Lipinski definition) is 0. The predicted molar refractivity (Wildman–Crippen MR) is 59.6 cm³/mol. The van der Waals surface area contributed by atoms with E-state index in [1.807, 2.05) is 0 Å². The Morgan fingerprint density at radius 1 is 1.65 bits per heavy atom. The molecule has 1 atom stereocenters. The minimum absolute atomic E-state index is 0.259. The lowest BCUT2D eigenvalue weighted by atomic mass is 10.2. The van der Waals surface area contributed by atoms with Crippen molar-refractivity contribution in [1.29, 1.82) is 0 Å². The molecule has 1 aromatic heterocycles. The van der Waals surface area contributed by atoms with Gasteiger partial charge in [-0.25, -0.2) is 4.79 Å². The Bertz CT molecular complexity index is 427. The van der Waals surface area contributed by atoms with Crippen LogP contribution in [0.5, 0.6) is 0 Å². The van der Waals surface area contributed by atoms with E-state index in [0.717, 1.165) is 0 Å². The van der Waals surface area contributed by atoms with Gasteiger partial charge in [0.05, 0.1) is 23.5 Å². The summed E-state index contributed by atoms with van der Waals surface area (Å²) in [5.74, 6) is -0.679. The average Bonchev–Trinajstić information content (AvgIpc) is 2.63. The number of aromatic nitrogens is 2. The molecule has 0 N–H and O–H groups in total. The Labute approximate surface area is 98.5 Å². The molecule has 1 heterocycles. The third kappa shape index (κ3) is 2.80. The van der Waals surface area contributed by atoms with Crippen LogP contribution in [-0.2, 0) is 9.53 Å². The van der Waals surface area contributed by atoms with E-state index in [2.05, 4.69) is 5.10 Å². The maximum absolute atomic E-state index is 11.7. The van der Waals surface area contributed by atoms with Crippen molar-refractivity contribution in [2.75, 3.05) is 6.61 Å². The number of carbonyl (C=O) groups excluding carboxylic acids is 1. The highest BCUT2D eigenvalue weighted by atomic mass is 16.6. The molecule has 0 bridgehead atoms. The summed E-state index contributed by atoms with van der Waals surface area (Å²) in [6, 6.07) is 0.727. The summed E-state index contributed by atoms with van der Waals surface area (Å²) in [4.78, 5) is 21.7. The van der Waals surface area contributed by atoms with Crippen LogP contribution in [0, 0.1) is 17.0 Å². The lowest BCUT2D eigenvalue weighted by molar-refractivity contribution is -0.389. The zero-order valence-corrected chi connectivity index (χ0v) is 10.0. The number of rotatable bonds is 5. The zero-order chi connectivity index (χ0) is 13.0. The molecule has 0 saturated carbocycles. The molecule has 0 saturated heterocycles. The molecular formula is C10H15N3O4. The quantitative estimate of drug-likeness (QED) is 0.444. The standard InChI is InChI=1S/C10H15N3O4/c1-4-8(10(14)17-5-2)12-7(3)6-9(11-12)13(15)16/h6,8H,4-5H2,1-3H3/t8-/m0/s1. The zero-order valence-electron chi connectivity index (χ0n) is 10.0. The largest absolute Gasteiger partial charge is 0.464 e. The van der Waals surface area contributed by atoms with Crippen molar-refractivity contribution in [2.24, 2.45) is 0 Å². The van der Waals surface area contributed by atoms with E-state index in [0.29, 0.717) is 12.1 Å². The van der Waals surface area contributed by atoms with E-state index in [9.17, 15) is 14.9 Å². The summed E-state index contributed by atoms with van der Waals surface area (Å²) in [7, 11) is 0. The van der Waals surface area contributed by atoms with Gasteiger partial charge in [-0.05, 0) is 25.2 Å². The fourth-order valence-electron chi connectivity index (χ4n) is 1.55. The number of aryl methyl sites for hydroxylation is 1. The third-order valence-corrected chi connectivity index (χ3v) is 2.34. The Hall–Kier alpha value is -1.92. The lowest BCUT2D eigenvalue weighted by Crippen LogP contribution is -2.23. The number of carbonyl (C=O) groups is 1. The third-order valence-electron chi connectivity index (χ3n) is 2.34. The van der Waals surface area contributed by atoms with Crippen molar-refractivity contribution in [3.63, 3.8) is 0 Å². The highest BCUT2D eigenvalue weighted by Crippen LogP contribution is 2.19. The van der Waals surface area contributed by atoms with Crippen molar-refractivity contribution < 1.29 is 14.5 Å². The Morgan fingerprint density at radius 3 is 2.71 bits per heavy atom. The second-order valence-electron chi connectivity index (χ2n) is 3.52. The molecule has 0 aliphatic heterocycles.